The standard InChI is InChI=1S/C8H4BrClFNO3/c9-5-1-4(7(13)3-10)2-6(8(5)11)12(14)15/h1-2H,3H2. The van der Waals surface area contributed by atoms with E-state index in [-0.39, 0.29) is 15.9 Å². The molecule has 0 aliphatic rings. The zero-order chi connectivity index (χ0) is 11.6. The minimum atomic E-state index is -1.01. The molecular formula is C8H4BrClFNO3. The Morgan fingerprint density at radius 1 is 1.60 bits per heavy atom. The summed E-state index contributed by atoms with van der Waals surface area (Å²) in [6.45, 7) is 0. The van der Waals surface area contributed by atoms with Crippen molar-refractivity contribution in [2.45, 2.75) is 0 Å². The van der Waals surface area contributed by atoms with Crippen LogP contribution in [-0.4, -0.2) is 16.6 Å². The highest BCUT2D eigenvalue weighted by atomic mass is 79.9. The lowest BCUT2D eigenvalue weighted by molar-refractivity contribution is -0.387. The van der Waals surface area contributed by atoms with Crippen LogP contribution in [0.25, 0.3) is 0 Å². The molecule has 0 saturated heterocycles. The smallest absolute Gasteiger partial charge is 0.293 e. The maximum atomic E-state index is 13.2. The van der Waals surface area contributed by atoms with Crippen molar-refractivity contribution in [2.75, 3.05) is 5.88 Å². The summed E-state index contributed by atoms with van der Waals surface area (Å²) in [4.78, 5) is 20.7. The summed E-state index contributed by atoms with van der Waals surface area (Å²) in [6, 6.07) is 2.03. The summed E-state index contributed by atoms with van der Waals surface area (Å²) in [5.41, 5.74) is -0.747. The Balaban J connectivity index is 3.35. The van der Waals surface area contributed by atoms with E-state index >= 15 is 0 Å². The Morgan fingerprint density at radius 2 is 2.20 bits per heavy atom. The summed E-state index contributed by atoms with van der Waals surface area (Å²) < 4.78 is 13.0. The zero-order valence-electron chi connectivity index (χ0n) is 7.17. The molecule has 15 heavy (non-hydrogen) atoms. The van der Waals surface area contributed by atoms with Gasteiger partial charge in [0.25, 0.3) is 0 Å². The van der Waals surface area contributed by atoms with Crippen molar-refractivity contribution in [1.29, 1.82) is 0 Å². The summed E-state index contributed by atoms with van der Waals surface area (Å²) in [6.07, 6.45) is 0. The lowest BCUT2D eigenvalue weighted by Crippen LogP contribution is -2.03. The van der Waals surface area contributed by atoms with Gasteiger partial charge in [-0.15, -0.1) is 11.6 Å². The van der Waals surface area contributed by atoms with Gasteiger partial charge in [0.2, 0.25) is 5.82 Å². The minimum absolute atomic E-state index is 0.00461. The third-order valence-corrected chi connectivity index (χ3v) is 2.47. The third-order valence-electron chi connectivity index (χ3n) is 1.65. The number of nitrogens with zero attached hydrogens (tertiary/aromatic N) is 1. The van der Waals surface area contributed by atoms with Crippen LogP contribution >= 0.6 is 27.5 Å². The Morgan fingerprint density at radius 3 is 2.67 bits per heavy atom. The number of halogens is 3. The summed E-state index contributed by atoms with van der Waals surface area (Å²) in [5, 5.41) is 10.4. The molecule has 0 aromatic heterocycles. The first-order valence-corrected chi connectivity index (χ1v) is 5.02. The average Bonchev–Trinajstić information content (AvgIpc) is 2.20. The number of nitro groups is 1. The number of carbonyl (C=O) groups is 1. The highest BCUT2D eigenvalue weighted by Crippen LogP contribution is 2.27. The maximum Gasteiger partial charge on any atom is 0.306 e. The lowest BCUT2D eigenvalue weighted by Gasteiger charge is -2.00. The maximum absolute atomic E-state index is 13.2. The molecule has 1 aromatic rings. The van der Waals surface area contributed by atoms with Crippen LogP contribution in [0.4, 0.5) is 10.1 Å². The molecule has 0 atom stereocenters. The molecule has 0 aliphatic carbocycles. The van der Waals surface area contributed by atoms with Crippen LogP contribution in [0.5, 0.6) is 0 Å². The van der Waals surface area contributed by atoms with Crippen molar-refractivity contribution in [3.63, 3.8) is 0 Å². The second kappa shape index (κ2) is 4.67. The number of ketones is 1. The topological polar surface area (TPSA) is 60.2 Å². The fraction of sp³-hybridized carbons (Fsp3) is 0.125. The van der Waals surface area contributed by atoms with E-state index in [1.807, 2.05) is 0 Å². The molecular weight excluding hydrogens is 292 g/mol. The highest BCUT2D eigenvalue weighted by Gasteiger charge is 2.20. The van der Waals surface area contributed by atoms with Crippen LogP contribution in [0.2, 0.25) is 0 Å². The van der Waals surface area contributed by atoms with Crippen molar-refractivity contribution in [3.8, 4) is 0 Å². The Kier molecular flexibility index (Phi) is 3.76. The van der Waals surface area contributed by atoms with Gasteiger partial charge in [0.1, 0.15) is 0 Å². The van der Waals surface area contributed by atoms with Crippen LogP contribution in [-0.2, 0) is 0 Å². The van der Waals surface area contributed by atoms with Crippen molar-refractivity contribution < 1.29 is 14.1 Å². The van der Waals surface area contributed by atoms with E-state index in [9.17, 15) is 19.3 Å². The number of hydrogen-bond acceptors (Lipinski definition) is 3. The van der Waals surface area contributed by atoms with E-state index in [1.165, 1.54) is 0 Å². The third kappa shape index (κ3) is 2.51. The molecule has 0 heterocycles. The number of hydrogen-bond donors (Lipinski definition) is 0. The minimum Gasteiger partial charge on any atom is -0.293 e. The van der Waals surface area contributed by atoms with Crippen molar-refractivity contribution >= 4 is 39.0 Å². The lowest BCUT2D eigenvalue weighted by atomic mass is 10.1. The quantitative estimate of drug-likeness (QED) is 0.373. The fourth-order valence-electron chi connectivity index (χ4n) is 0.946. The van der Waals surface area contributed by atoms with Gasteiger partial charge in [-0.1, -0.05) is 0 Å². The first-order valence-electron chi connectivity index (χ1n) is 3.70. The van der Waals surface area contributed by atoms with Gasteiger partial charge in [0, 0.05) is 11.6 Å². The number of Topliss-reactive ketones (excluding diaryl/α,β-unsaturated/α-hetero) is 1. The molecule has 7 heteroatoms. The van der Waals surface area contributed by atoms with E-state index < -0.39 is 22.2 Å². The molecule has 80 valence electrons. The monoisotopic (exact) mass is 295 g/mol. The molecule has 4 nitrogen and oxygen atoms in total. The van der Waals surface area contributed by atoms with Crippen LogP contribution in [0.3, 0.4) is 0 Å². The van der Waals surface area contributed by atoms with Gasteiger partial charge in [0.15, 0.2) is 5.78 Å². The van der Waals surface area contributed by atoms with Gasteiger partial charge in [-0.25, -0.2) is 0 Å². The molecule has 0 fully saturated rings. The SMILES string of the molecule is O=C(CCl)c1cc(Br)c(F)c([N+](=O)[O-])c1. The van der Waals surface area contributed by atoms with Crippen molar-refractivity contribution in [2.24, 2.45) is 0 Å². The number of rotatable bonds is 3. The van der Waals surface area contributed by atoms with Crippen LogP contribution in [0.1, 0.15) is 10.4 Å². The molecule has 0 aliphatic heterocycles. The predicted molar refractivity (Wildman–Crippen MR) is 55.8 cm³/mol. The predicted octanol–water partition coefficient (Wildman–Crippen LogP) is 2.92. The average molecular weight is 296 g/mol. The molecule has 1 rings (SSSR count). The molecule has 0 N–H and O–H groups in total. The Hall–Kier alpha value is -1.01. The largest absolute Gasteiger partial charge is 0.306 e. The Labute approximate surface area is 97.3 Å². The molecule has 0 unspecified atom stereocenters. The first kappa shape index (κ1) is 12.1. The molecule has 0 saturated carbocycles. The van der Waals surface area contributed by atoms with Crippen LogP contribution in [0.15, 0.2) is 16.6 Å². The molecule has 1 aromatic carbocycles. The second-order valence-electron chi connectivity index (χ2n) is 2.61. The number of nitro benzene ring substituents is 1. The zero-order valence-corrected chi connectivity index (χ0v) is 9.51. The second-order valence-corrected chi connectivity index (χ2v) is 3.73. The van der Waals surface area contributed by atoms with E-state index in [0.29, 0.717) is 0 Å². The van der Waals surface area contributed by atoms with Gasteiger partial charge < -0.3 is 0 Å². The van der Waals surface area contributed by atoms with Crippen molar-refractivity contribution in [3.05, 3.63) is 38.1 Å². The number of carbonyl (C=O) groups excluding carboxylic acids is 1. The fourth-order valence-corrected chi connectivity index (χ4v) is 1.55. The number of alkyl halides is 1. The molecule has 0 bridgehead atoms. The van der Waals surface area contributed by atoms with Crippen molar-refractivity contribution in [1.82, 2.24) is 0 Å². The first-order chi connectivity index (χ1) is 6.97. The highest BCUT2D eigenvalue weighted by molar-refractivity contribution is 9.10. The molecule has 0 radical (unpaired) electrons. The molecule has 0 amide bonds. The van der Waals surface area contributed by atoms with E-state index in [1.54, 1.807) is 0 Å². The normalized spacial score (nSPS) is 10.1. The van der Waals surface area contributed by atoms with E-state index in [4.69, 9.17) is 11.6 Å². The van der Waals surface area contributed by atoms with Gasteiger partial charge in [-0.2, -0.15) is 4.39 Å². The van der Waals surface area contributed by atoms with Gasteiger partial charge >= 0.3 is 5.69 Å². The summed E-state index contributed by atoms with van der Waals surface area (Å²) >= 11 is 8.07. The number of benzene rings is 1. The van der Waals surface area contributed by atoms with Gasteiger partial charge in [-0.05, 0) is 22.0 Å². The van der Waals surface area contributed by atoms with Crippen LogP contribution in [0, 0.1) is 15.9 Å². The summed E-state index contributed by atoms with van der Waals surface area (Å²) in [7, 11) is 0. The Bertz CT molecular complexity index is 438. The van der Waals surface area contributed by atoms with Gasteiger partial charge in [0.05, 0.1) is 15.3 Å². The van der Waals surface area contributed by atoms with E-state index in [2.05, 4.69) is 15.9 Å². The summed E-state index contributed by atoms with van der Waals surface area (Å²) in [5.74, 6) is -1.82. The molecule has 0 spiro atoms. The van der Waals surface area contributed by atoms with Crippen LogP contribution < -0.4 is 0 Å². The van der Waals surface area contributed by atoms with E-state index in [0.717, 1.165) is 12.1 Å². The van der Waals surface area contributed by atoms with Gasteiger partial charge in [-0.3, -0.25) is 14.9 Å².